The van der Waals surface area contributed by atoms with Gasteiger partial charge >= 0.3 is 0 Å². The molecule has 17 heavy (non-hydrogen) atoms. The fraction of sp³-hybridized carbons (Fsp3) is 0.286. The van der Waals surface area contributed by atoms with Crippen LogP contribution in [0.4, 0.5) is 0 Å². The molecular weight excluding hydrogens is 271 g/mol. The van der Waals surface area contributed by atoms with E-state index in [2.05, 4.69) is 19.9 Å². The van der Waals surface area contributed by atoms with Gasteiger partial charge in [0.1, 0.15) is 0 Å². The molecule has 1 unspecified atom stereocenters. The van der Waals surface area contributed by atoms with E-state index < -0.39 is 0 Å². The standard InChI is InChI=1S/C14H14Cl2S/c1-8-7-12(10(3)17-8)14(16)11-5-4-6-13(15)9(11)2/h4-7,14H,1-3H3. The van der Waals surface area contributed by atoms with Gasteiger partial charge < -0.3 is 0 Å². The van der Waals surface area contributed by atoms with Crippen LogP contribution in [0, 0.1) is 20.8 Å². The number of thiophene rings is 1. The Labute approximate surface area is 116 Å². The zero-order chi connectivity index (χ0) is 12.6. The van der Waals surface area contributed by atoms with Crippen LogP contribution in [0.1, 0.15) is 31.8 Å². The Balaban J connectivity index is 2.47. The van der Waals surface area contributed by atoms with E-state index in [1.54, 1.807) is 11.3 Å². The molecule has 0 fully saturated rings. The van der Waals surface area contributed by atoms with Gasteiger partial charge in [0.05, 0.1) is 5.38 Å². The average Bonchev–Trinajstić information content (AvgIpc) is 2.61. The normalized spacial score (nSPS) is 12.8. The zero-order valence-corrected chi connectivity index (χ0v) is 12.4. The maximum absolute atomic E-state index is 6.58. The Morgan fingerprint density at radius 1 is 1.12 bits per heavy atom. The van der Waals surface area contributed by atoms with Crippen molar-refractivity contribution in [3.63, 3.8) is 0 Å². The second kappa shape index (κ2) is 5.01. The lowest BCUT2D eigenvalue weighted by Crippen LogP contribution is -1.96. The summed E-state index contributed by atoms with van der Waals surface area (Å²) in [5, 5.41) is 0.663. The minimum atomic E-state index is -0.112. The number of rotatable bonds is 2. The van der Waals surface area contributed by atoms with Crippen molar-refractivity contribution in [3.05, 3.63) is 55.7 Å². The molecule has 2 aromatic rings. The summed E-state index contributed by atoms with van der Waals surface area (Å²) in [4.78, 5) is 2.57. The highest BCUT2D eigenvalue weighted by atomic mass is 35.5. The Hall–Kier alpha value is -0.500. The van der Waals surface area contributed by atoms with Gasteiger partial charge in [-0.15, -0.1) is 22.9 Å². The third-order valence-corrected chi connectivity index (χ3v) is 4.80. The molecule has 1 aromatic carbocycles. The molecule has 0 radical (unpaired) electrons. The van der Waals surface area contributed by atoms with E-state index in [0.29, 0.717) is 0 Å². The second-order valence-corrected chi connectivity index (χ2v) is 6.49. The molecular formula is C14H14Cl2S. The van der Waals surface area contributed by atoms with Gasteiger partial charge in [-0.1, -0.05) is 23.7 Å². The van der Waals surface area contributed by atoms with E-state index >= 15 is 0 Å². The molecule has 1 aromatic heterocycles. The van der Waals surface area contributed by atoms with Gasteiger partial charge in [0, 0.05) is 14.8 Å². The molecule has 90 valence electrons. The summed E-state index contributed by atoms with van der Waals surface area (Å²) in [5.41, 5.74) is 3.36. The molecule has 0 amide bonds. The zero-order valence-electron chi connectivity index (χ0n) is 10.1. The predicted molar refractivity (Wildman–Crippen MR) is 77.7 cm³/mol. The summed E-state index contributed by atoms with van der Waals surface area (Å²) >= 11 is 14.5. The van der Waals surface area contributed by atoms with E-state index in [1.807, 2.05) is 25.1 Å². The largest absolute Gasteiger partial charge is 0.146 e. The molecule has 1 heterocycles. The highest BCUT2D eigenvalue weighted by molar-refractivity contribution is 7.12. The minimum absolute atomic E-state index is 0.112. The van der Waals surface area contributed by atoms with Crippen LogP contribution in [0.3, 0.4) is 0 Å². The highest BCUT2D eigenvalue weighted by Gasteiger charge is 2.17. The summed E-state index contributed by atoms with van der Waals surface area (Å²) in [6.07, 6.45) is 0. The van der Waals surface area contributed by atoms with Crippen molar-refractivity contribution in [2.75, 3.05) is 0 Å². The van der Waals surface area contributed by atoms with Crippen molar-refractivity contribution >= 4 is 34.5 Å². The molecule has 0 spiro atoms. The topological polar surface area (TPSA) is 0 Å². The maximum Gasteiger partial charge on any atom is 0.0849 e. The van der Waals surface area contributed by atoms with Crippen LogP contribution in [0.15, 0.2) is 24.3 Å². The quantitative estimate of drug-likeness (QED) is 0.625. The molecule has 0 nitrogen and oxygen atoms in total. The summed E-state index contributed by atoms with van der Waals surface area (Å²) in [6, 6.07) is 8.06. The molecule has 0 bridgehead atoms. The first-order chi connectivity index (χ1) is 8.00. The van der Waals surface area contributed by atoms with Crippen LogP contribution in [0.5, 0.6) is 0 Å². The van der Waals surface area contributed by atoms with E-state index in [9.17, 15) is 0 Å². The summed E-state index contributed by atoms with van der Waals surface area (Å²) in [5.74, 6) is 0. The lowest BCUT2D eigenvalue weighted by Gasteiger charge is -2.13. The van der Waals surface area contributed by atoms with Crippen LogP contribution in [-0.2, 0) is 0 Å². The monoisotopic (exact) mass is 284 g/mol. The molecule has 0 aliphatic carbocycles. The Morgan fingerprint density at radius 3 is 2.41 bits per heavy atom. The van der Waals surface area contributed by atoms with Gasteiger partial charge in [-0.05, 0) is 49.6 Å². The van der Waals surface area contributed by atoms with Crippen molar-refractivity contribution < 1.29 is 0 Å². The number of hydrogen-bond acceptors (Lipinski definition) is 1. The molecule has 2 rings (SSSR count). The third-order valence-electron chi connectivity index (χ3n) is 2.94. The lowest BCUT2D eigenvalue weighted by atomic mass is 10.0. The van der Waals surface area contributed by atoms with Crippen molar-refractivity contribution in [2.24, 2.45) is 0 Å². The maximum atomic E-state index is 6.58. The molecule has 0 saturated heterocycles. The van der Waals surface area contributed by atoms with E-state index in [1.165, 1.54) is 15.3 Å². The Morgan fingerprint density at radius 2 is 1.82 bits per heavy atom. The van der Waals surface area contributed by atoms with E-state index in [-0.39, 0.29) is 5.38 Å². The molecule has 0 saturated carbocycles. The second-order valence-electron chi connectivity index (χ2n) is 4.19. The number of alkyl halides is 1. The van der Waals surface area contributed by atoms with Crippen molar-refractivity contribution in [1.82, 2.24) is 0 Å². The molecule has 0 aliphatic rings. The highest BCUT2D eigenvalue weighted by Crippen LogP contribution is 2.37. The van der Waals surface area contributed by atoms with E-state index in [4.69, 9.17) is 23.2 Å². The molecule has 3 heteroatoms. The first kappa shape index (κ1) is 12.9. The lowest BCUT2D eigenvalue weighted by molar-refractivity contribution is 1.10. The van der Waals surface area contributed by atoms with Crippen molar-refractivity contribution in [3.8, 4) is 0 Å². The molecule has 0 aliphatic heterocycles. The van der Waals surface area contributed by atoms with Crippen LogP contribution < -0.4 is 0 Å². The first-order valence-electron chi connectivity index (χ1n) is 5.46. The van der Waals surface area contributed by atoms with Gasteiger partial charge in [-0.3, -0.25) is 0 Å². The third kappa shape index (κ3) is 2.52. The first-order valence-corrected chi connectivity index (χ1v) is 7.10. The predicted octanol–water partition coefficient (Wildman–Crippen LogP) is 5.65. The van der Waals surface area contributed by atoms with E-state index in [0.717, 1.165) is 16.1 Å². The van der Waals surface area contributed by atoms with Gasteiger partial charge in [-0.2, -0.15) is 0 Å². The minimum Gasteiger partial charge on any atom is -0.146 e. The number of hydrogen-bond donors (Lipinski definition) is 0. The van der Waals surface area contributed by atoms with Crippen molar-refractivity contribution in [1.29, 1.82) is 0 Å². The Kier molecular flexibility index (Phi) is 3.82. The summed E-state index contributed by atoms with van der Waals surface area (Å²) < 4.78 is 0. The SMILES string of the molecule is Cc1cc(C(Cl)c2cccc(Cl)c2C)c(C)s1. The smallest absolute Gasteiger partial charge is 0.0849 e. The summed E-state index contributed by atoms with van der Waals surface area (Å²) in [7, 11) is 0. The van der Waals surface area contributed by atoms with Gasteiger partial charge in [0.2, 0.25) is 0 Å². The van der Waals surface area contributed by atoms with Crippen LogP contribution in [-0.4, -0.2) is 0 Å². The van der Waals surface area contributed by atoms with Crippen LogP contribution >= 0.6 is 34.5 Å². The molecule has 1 atom stereocenters. The fourth-order valence-corrected chi connectivity index (χ4v) is 3.64. The van der Waals surface area contributed by atoms with Crippen LogP contribution in [0.25, 0.3) is 0 Å². The number of benzene rings is 1. The summed E-state index contributed by atoms with van der Waals surface area (Å²) in [6.45, 7) is 6.24. The Bertz CT molecular complexity index is 543. The number of aryl methyl sites for hydroxylation is 2. The van der Waals surface area contributed by atoms with Crippen molar-refractivity contribution in [2.45, 2.75) is 26.1 Å². The van der Waals surface area contributed by atoms with Crippen LogP contribution in [0.2, 0.25) is 5.02 Å². The van der Waals surface area contributed by atoms with Gasteiger partial charge in [0.25, 0.3) is 0 Å². The number of halogens is 2. The fourth-order valence-electron chi connectivity index (χ4n) is 1.97. The van der Waals surface area contributed by atoms with Gasteiger partial charge in [-0.25, -0.2) is 0 Å². The molecule has 0 N–H and O–H groups in total. The average molecular weight is 285 g/mol. The van der Waals surface area contributed by atoms with Gasteiger partial charge in [0.15, 0.2) is 0 Å².